The third kappa shape index (κ3) is 3.37. The highest BCUT2D eigenvalue weighted by atomic mass is 32.2. The molecule has 0 aliphatic carbocycles. The van der Waals surface area contributed by atoms with E-state index in [1.807, 2.05) is 0 Å². The van der Waals surface area contributed by atoms with Gasteiger partial charge in [0.15, 0.2) is 10.8 Å². The zero-order valence-electron chi connectivity index (χ0n) is 11.6. The molecule has 20 heteroatoms. The van der Waals surface area contributed by atoms with E-state index in [9.17, 15) is 83.2 Å². The van der Waals surface area contributed by atoms with Gasteiger partial charge in [0.05, 0.1) is 0 Å². The van der Waals surface area contributed by atoms with Crippen LogP contribution in [0.3, 0.4) is 0 Å². The second-order valence-corrected chi connectivity index (χ2v) is 6.16. The number of hydrogen-bond acceptors (Lipinski definition) is 1. The molecule has 0 aromatic heterocycles. The quantitative estimate of drug-likeness (QED) is 0.448. The highest BCUT2D eigenvalue weighted by Crippen LogP contribution is 2.60. The Bertz CT molecular complexity index is 558. The summed E-state index contributed by atoms with van der Waals surface area (Å²) in [4.78, 5) is 0. The maximum Gasteiger partial charge on any atom is 0.460 e. The molecule has 0 bridgehead atoms. The minimum absolute atomic E-state index is 7.17. The molecule has 0 saturated carbocycles. The van der Waals surface area contributed by atoms with Crippen LogP contribution in [0.5, 0.6) is 0 Å². The summed E-state index contributed by atoms with van der Waals surface area (Å²) in [5.41, 5.74) is 0. The maximum absolute atomic E-state index is 13.0. The Kier molecular flexibility index (Phi) is 6.19. The Morgan fingerprint density at radius 1 is 0.357 bits per heavy atom. The average Bonchev–Trinajstić information content (AvgIpc) is 2.42. The lowest BCUT2D eigenvalue weighted by Gasteiger charge is -2.37. The van der Waals surface area contributed by atoms with Crippen LogP contribution < -0.4 is 0 Å². The van der Waals surface area contributed by atoms with Crippen LogP contribution >= 0.6 is 0 Å². The molecule has 170 valence electrons. The highest BCUT2D eigenvalue weighted by Gasteiger charge is 2.90. The van der Waals surface area contributed by atoms with Gasteiger partial charge in [-0.25, -0.2) is 4.21 Å². The number of halogens is 18. The van der Waals surface area contributed by atoms with E-state index in [0.29, 0.717) is 0 Å². The molecule has 1 nitrogen and oxygen atoms in total. The molecule has 0 rings (SSSR count). The van der Waals surface area contributed by atoms with Crippen molar-refractivity contribution in [3.63, 3.8) is 0 Å². The smallest absolute Gasteiger partial charge is 0.247 e. The van der Waals surface area contributed by atoms with Gasteiger partial charge in [0.25, 0.3) is 0 Å². The van der Waals surface area contributed by atoms with Crippen LogP contribution in [-0.2, 0) is 10.8 Å². The lowest BCUT2D eigenvalue weighted by Crippen LogP contribution is -2.68. The van der Waals surface area contributed by atoms with Crippen molar-refractivity contribution < 1.29 is 83.2 Å². The first-order valence-electron chi connectivity index (χ1n) is 5.48. The van der Waals surface area contributed by atoms with E-state index in [1.165, 1.54) is 0 Å². The molecule has 28 heavy (non-hydrogen) atoms. The second kappa shape index (κ2) is 6.44. The third-order valence-corrected chi connectivity index (χ3v) is 4.14. The van der Waals surface area contributed by atoms with Crippen molar-refractivity contribution in [2.75, 3.05) is 0 Å². The van der Waals surface area contributed by atoms with Crippen LogP contribution in [0.4, 0.5) is 79.0 Å². The van der Waals surface area contributed by atoms with E-state index in [-0.39, 0.29) is 0 Å². The minimum Gasteiger partial charge on any atom is -0.247 e. The molecular formula is C8F18OS. The average molecular weight is 486 g/mol. The van der Waals surface area contributed by atoms with Gasteiger partial charge in [-0.05, 0) is 0 Å². The summed E-state index contributed by atoms with van der Waals surface area (Å²) in [7, 11) is -7.17. The normalized spacial score (nSPS) is 16.7. The molecule has 0 saturated heterocycles. The van der Waals surface area contributed by atoms with Gasteiger partial charge < -0.3 is 0 Å². The van der Waals surface area contributed by atoms with Crippen molar-refractivity contribution in [3.05, 3.63) is 0 Å². The predicted molar refractivity (Wildman–Crippen MR) is 49.9 cm³/mol. The van der Waals surface area contributed by atoms with Crippen LogP contribution in [0.25, 0.3) is 0 Å². The Morgan fingerprint density at radius 2 is 0.536 bits per heavy atom. The predicted octanol–water partition coefficient (Wildman–Crippen LogP) is 5.59. The van der Waals surface area contributed by atoms with Gasteiger partial charge in [-0.2, -0.15) is 79.0 Å². The van der Waals surface area contributed by atoms with Crippen molar-refractivity contribution in [3.8, 4) is 0 Å². The summed E-state index contributed by atoms with van der Waals surface area (Å²) in [6.45, 7) is 0. The molecule has 0 aromatic rings. The van der Waals surface area contributed by atoms with Crippen LogP contribution in [0.2, 0.25) is 0 Å². The first-order chi connectivity index (χ1) is 11.7. The lowest BCUT2D eigenvalue weighted by molar-refractivity contribution is -0.388. The van der Waals surface area contributed by atoms with Gasteiger partial charge in [0.1, 0.15) is 0 Å². The highest BCUT2D eigenvalue weighted by molar-refractivity contribution is 7.87. The minimum atomic E-state index is -8.25. The first kappa shape index (κ1) is 26.9. The number of hydrogen-bond donors (Lipinski definition) is 0. The van der Waals surface area contributed by atoms with Crippen LogP contribution in [-0.4, -0.2) is 50.8 Å². The Balaban J connectivity index is 6.54. The topological polar surface area (TPSA) is 17.1 Å². The molecule has 0 aromatic carbocycles. The van der Waals surface area contributed by atoms with Crippen molar-refractivity contribution >= 4 is 10.8 Å². The molecule has 0 N–H and O–H groups in total. The van der Waals surface area contributed by atoms with Crippen LogP contribution in [0.15, 0.2) is 0 Å². The fourth-order valence-electron chi connectivity index (χ4n) is 1.12. The van der Waals surface area contributed by atoms with Crippen LogP contribution in [0.1, 0.15) is 0 Å². The molecule has 0 aliphatic rings. The van der Waals surface area contributed by atoms with Gasteiger partial charge in [0.2, 0.25) is 0 Å². The van der Waals surface area contributed by atoms with Crippen molar-refractivity contribution in [2.24, 2.45) is 0 Å². The zero-order valence-corrected chi connectivity index (χ0v) is 12.4. The molecular weight excluding hydrogens is 486 g/mol. The molecule has 0 spiro atoms. The number of alkyl halides is 18. The van der Waals surface area contributed by atoms with E-state index in [2.05, 4.69) is 0 Å². The molecule has 0 unspecified atom stereocenters. The Labute approximate surface area is 142 Å². The lowest BCUT2D eigenvalue weighted by atomic mass is 10.1. The van der Waals surface area contributed by atoms with Gasteiger partial charge in [-0.15, -0.1) is 0 Å². The van der Waals surface area contributed by atoms with Crippen molar-refractivity contribution in [2.45, 2.75) is 46.6 Å². The summed E-state index contributed by atoms with van der Waals surface area (Å²) in [6, 6.07) is 0. The molecule has 0 atom stereocenters. The molecule has 0 radical (unpaired) electrons. The first-order valence-corrected chi connectivity index (χ1v) is 6.63. The summed E-state index contributed by atoms with van der Waals surface area (Å²) in [5.74, 6) is -32.6. The monoisotopic (exact) mass is 486 g/mol. The van der Waals surface area contributed by atoms with Crippen LogP contribution in [0, 0.1) is 0 Å². The third-order valence-electron chi connectivity index (χ3n) is 2.70. The molecule has 0 heterocycles. The fraction of sp³-hybridized carbons (Fsp3) is 1.00. The van der Waals surface area contributed by atoms with E-state index in [4.69, 9.17) is 0 Å². The SMILES string of the molecule is O=S(C(F)(F)C(F)(F)C(F)(F)C(F)(F)F)C(F)(F)C(F)(F)C(F)(F)C(F)(F)F. The second-order valence-electron chi connectivity index (χ2n) is 4.60. The summed E-state index contributed by atoms with van der Waals surface area (Å²) in [5, 5.41) is -16.2. The summed E-state index contributed by atoms with van der Waals surface area (Å²) < 4.78 is 234. The molecule has 0 fully saturated rings. The van der Waals surface area contributed by atoms with E-state index in [1.54, 1.807) is 0 Å². The Hall–Kier alpha value is -1.11. The van der Waals surface area contributed by atoms with Gasteiger partial charge in [0, 0.05) is 0 Å². The molecule has 0 amide bonds. The standard InChI is InChI=1S/C8F18OS/c9-1(10,5(17,18)19)3(13,14)7(23,24)28(27)8(25,26)4(15,16)2(11,12)6(20,21)22. The fourth-order valence-corrected chi connectivity index (χ4v) is 2.16. The largest absolute Gasteiger partial charge is 0.460 e. The summed E-state index contributed by atoms with van der Waals surface area (Å²) >= 11 is 0. The Morgan fingerprint density at radius 3 is 0.679 bits per heavy atom. The van der Waals surface area contributed by atoms with Crippen molar-refractivity contribution in [1.82, 2.24) is 0 Å². The zero-order chi connectivity index (χ0) is 23.6. The maximum atomic E-state index is 13.0. The van der Waals surface area contributed by atoms with Gasteiger partial charge in [-0.1, -0.05) is 0 Å². The summed E-state index contributed by atoms with van der Waals surface area (Å²) in [6.07, 6.45) is -15.4. The van der Waals surface area contributed by atoms with Gasteiger partial charge in [-0.3, -0.25) is 0 Å². The van der Waals surface area contributed by atoms with E-state index in [0.717, 1.165) is 0 Å². The molecule has 0 aliphatic heterocycles. The van der Waals surface area contributed by atoms with Gasteiger partial charge >= 0.3 is 46.6 Å². The van der Waals surface area contributed by atoms with E-state index < -0.39 is 57.4 Å². The number of rotatable bonds is 6. The van der Waals surface area contributed by atoms with E-state index >= 15 is 0 Å². The van der Waals surface area contributed by atoms with Crippen molar-refractivity contribution in [1.29, 1.82) is 0 Å².